The zero-order chi connectivity index (χ0) is 15.5. The molecule has 0 saturated heterocycles. The molecular formula is C13H12ClF3N4. The monoisotopic (exact) mass is 316 g/mol. The molecule has 0 aliphatic rings. The van der Waals surface area contributed by atoms with Crippen LogP contribution < -0.4 is 10.6 Å². The van der Waals surface area contributed by atoms with Crippen molar-refractivity contribution in [3.63, 3.8) is 0 Å². The van der Waals surface area contributed by atoms with Gasteiger partial charge >= 0.3 is 6.18 Å². The highest BCUT2D eigenvalue weighted by molar-refractivity contribution is 6.31. The lowest BCUT2D eigenvalue weighted by atomic mass is 10.2. The van der Waals surface area contributed by atoms with E-state index in [9.17, 15) is 13.2 Å². The highest BCUT2D eigenvalue weighted by Crippen LogP contribution is 2.33. The van der Waals surface area contributed by atoms with Crippen molar-refractivity contribution in [2.75, 3.05) is 17.2 Å². The fourth-order valence-corrected chi connectivity index (χ4v) is 1.88. The maximum absolute atomic E-state index is 12.7. The van der Waals surface area contributed by atoms with E-state index < -0.39 is 11.7 Å². The van der Waals surface area contributed by atoms with Gasteiger partial charge in [0.1, 0.15) is 5.82 Å². The Morgan fingerprint density at radius 1 is 1.24 bits per heavy atom. The van der Waals surface area contributed by atoms with Crippen molar-refractivity contribution >= 4 is 29.1 Å². The van der Waals surface area contributed by atoms with Gasteiger partial charge in [-0.2, -0.15) is 18.2 Å². The molecule has 2 rings (SSSR count). The fourth-order valence-electron chi connectivity index (χ4n) is 1.64. The average molecular weight is 317 g/mol. The third-order valence-corrected chi connectivity index (χ3v) is 2.71. The SMILES string of the molecule is CCNc1nccc(Nc2cc(Cl)cc(C(F)(F)F)c2)n1. The largest absolute Gasteiger partial charge is 0.416 e. The predicted octanol–water partition coefficient (Wildman–Crippen LogP) is 4.32. The van der Waals surface area contributed by atoms with Gasteiger partial charge in [0.2, 0.25) is 5.95 Å². The molecule has 112 valence electrons. The Morgan fingerprint density at radius 3 is 2.67 bits per heavy atom. The number of nitrogens with one attached hydrogen (secondary N) is 2. The fraction of sp³-hybridized carbons (Fsp3) is 0.231. The van der Waals surface area contributed by atoms with Crippen LogP contribution in [0.5, 0.6) is 0 Å². The highest BCUT2D eigenvalue weighted by atomic mass is 35.5. The minimum atomic E-state index is -4.46. The lowest BCUT2D eigenvalue weighted by molar-refractivity contribution is -0.137. The molecule has 1 aromatic carbocycles. The zero-order valence-electron chi connectivity index (χ0n) is 11.0. The molecule has 4 nitrogen and oxygen atoms in total. The second-order valence-corrected chi connectivity index (χ2v) is 4.58. The maximum Gasteiger partial charge on any atom is 0.416 e. The van der Waals surface area contributed by atoms with Crippen molar-refractivity contribution < 1.29 is 13.2 Å². The maximum atomic E-state index is 12.7. The van der Waals surface area contributed by atoms with Crippen LogP contribution in [0.4, 0.5) is 30.6 Å². The van der Waals surface area contributed by atoms with Crippen molar-refractivity contribution in [2.45, 2.75) is 13.1 Å². The smallest absolute Gasteiger partial charge is 0.354 e. The number of rotatable bonds is 4. The Morgan fingerprint density at radius 2 is 2.00 bits per heavy atom. The van der Waals surface area contributed by atoms with Crippen LogP contribution in [-0.2, 0) is 6.18 Å². The van der Waals surface area contributed by atoms with Crippen LogP contribution in [0.15, 0.2) is 30.5 Å². The van der Waals surface area contributed by atoms with Crippen molar-refractivity contribution in [3.05, 3.63) is 41.0 Å². The lowest BCUT2D eigenvalue weighted by Gasteiger charge is -2.11. The summed E-state index contributed by atoms with van der Waals surface area (Å²) in [5, 5.41) is 5.69. The van der Waals surface area contributed by atoms with Gasteiger partial charge in [0.05, 0.1) is 5.56 Å². The van der Waals surface area contributed by atoms with E-state index in [1.54, 1.807) is 6.07 Å². The van der Waals surface area contributed by atoms with Crippen LogP contribution in [-0.4, -0.2) is 16.5 Å². The van der Waals surface area contributed by atoms with Gasteiger partial charge in [0.25, 0.3) is 0 Å². The quantitative estimate of drug-likeness (QED) is 0.881. The van der Waals surface area contributed by atoms with E-state index in [1.165, 1.54) is 12.3 Å². The van der Waals surface area contributed by atoms with Crippen molar-refractivity contribution in [2.24, 2.45) is 0 Å². The summed E-state index contributed by atoms with van der Waals surface area (Å²) in [5.74, 6) is 0.761. The molecule has 0 atom stereocenters. The van der Waals surface area contributed by atoms with Crippen molar-refractivity contribution in [1.29, 1.82) is 0 Å². The molecule has 0 aliphatic heterocycles. The molecule has 0 saturated carbocycles. The summed E-state index contributed by atoms with van der Waals surface area (Å²) in [7, 11) is 0. The Balaban J connectivity index is 2.27. The molecule has 2 aromatic rings. The Kier molecular flexibility index (Phi) is 4.52. The third-order valence-electron chi connectivity index (χ3n) is 2.49. The molecule has 0 bridgehead atoms. The topological polar surface area (TPSA) is 49.8 Å². The minimum absolute atomic E-state index is 0.00622. The summed E-state index contributed by atoms with van der Waals surface area (Å²) >= 11 is 5.72. The van der Waals surface area contributed by atoms with Gasteiger partial charge in [-0.1, -0.05) is 11.6 Å². The zero-order valence-corrected chi connectivity index (χ0v) is 11.8. The van der Waals surface area contributed by atoms with Crippen LogP contribution >= 0.6 is 11.6 Å². The first-order chi connectivity index (χ1) is 9.88. The van der Waals surface area contributed by atoms with E-state index >= 15 is 0 Å². The summed E-state index contributed by atoms with van der Waals surface area (Å²) < 4.78 is 38.2. The Labute approximate surface area is 124 Å². The molecule has 2 N–H and O–H groups in total. The number of aromatic nitrogens is 2. The number of benzene rings is 1. The molecule has 0 spiro atoms. The van der Waals surface area contributed by atoms with E-state index in [4.69, 9.17) is 11.6 Å². The van der Waals surface area contributed by atoms with Crippen LogP contribution in [0.1, 0.15) is 12.5 Å². The number of halogens is 4. The molecule has 1 aromatic heterocycles. The molecule has 0 radical (unpaired) electrons. The minimum Gasteiger partial charge on any atom is -0.354 e. The number of hydrogen-bond donors (Lipinski definition) is 2. The second kappa shape index (κ2) is 6.17. The van der Waals surface area contributed by atoms with Gasteiger partial charge in [-0.15, -0.1) is 0 Å². The Hall–Kier alpha value is -2.02. The van der Waals surface area contributed by atoms with Crippen molar-refractivity contribution in [3.8, 4) is 0 Å². The molecule has 21 heavy (non-hydrogen) atoms. The predicted molar refractivity (Wildman–Crippen MR) is 75.9 cm³/mol. The molecule has 8 heteroatoms. The van der Waals surface area contributed by atoms with Crippen LogP contribution in [0.25, 0.3) is 0 Å². The number of nitrogens with zero attached hydrogens (tertiary/aromatic N) is 2. The second-order valence-electron chi connectivity index (χ2n) is 4.15. The number of hydrogen-bond acceptors (Lipinski definition) is 4. The Bertz CT molecular complexity index is 631. The summed E-state index contributed by atoms with van der Waals surface area (Å²) in [4.78, 5) is 8.10. The first-order valence-electron chi connectivity index (χ1n) is 6.10. The van der Waals surface area contributed by atoms with Gasteiger partial charge in [-0.25, -0.2) is 4.98 Å². The van der Waals surface area contributed by atoms with E-state index in [2.05, 4.69) is 20.6 Å². The first kappa shape index (κ1) is 15.4. The van der Waals surface area contributed by atoms with E-state index in [0.717, 1.165) is 12.1 Å². The molecule has 0 aliphatic carbocycles. The van der Waals surface area contributed by atoms with Crippen LogP contribution in [0.2, 0.25) is 5.02 Å². The van der Waals surface area contributed by atoms with Gasteiger partial charge in [-0.3, -0.25) is 0 Å². The van der Waals surface area contributed by atoms with Crippen LogP contribution in [0, 0.1) is 0 Å². The van der Waals surface area contributed by atoms with Crippen molar-refractivity contribution in [1.82, 2.24) is 9.97 Å². The molecule has 0 fully saturated rings. The van der Waals surface area contributed by atoms with E-state index in [1.807, 2.05) is 6.92 Å². The third kappa shape index (κ3) is 4.22. The van der Waals surface area contributed by atoms with Gasteiger partial charge < -0.3 is 10.6 Å². The van der Waals surface area contributed by atoms with Gasteiger partial charge in [0.15, 0.2) is 0 Å². The van der Waals surface area contributed by atoms with Gasteiger partial charge in [0, 0.05) is 23.5 Å². The summed E-state index contributed by atoms with van der Waals surface area (Å²) in [5.41, 5.74) is -0.616. The molecule has 1 heterocycles. The number of alkyl halides is 3. The summed E-state index contributed by atoms with van der Waals surface area (Å²) in [6.07, 6.45) is -2.95. The highest BCUT2D eigenvalue weighted by Gasteiger charge is 2.31. The van der Waals surface area contributed by atoms with E-state index in [-0.39, 0.29) is 10.7 Å². The molecule has 0 unspecified atom stereocenters. The molecular weight excluding hydrogens is 305 g/mol. The van der Waals surface area contributed by atoms with Gasteiger partial charge in [-0.05, 0) is 31.2 Å². The lowest BCUT2D eigenvalue weighted by Crippen LogP contribution is -2.06. The normalized spacial score (nSPS) is 11.3. The standard InChI is InChI=1S/C13H12ClF3N4/c1-2-18-12-19-4-3-11(21-12)20-10-6-8(13(15,16)17)5-9(14)7-10/h3-7H,2H2,1H3,(H2,18,19,20,21). The number of anilines is 3. The van der Waals surface area contributed by atoms with E-state index in [0.29, 0.717) is 18.3 Å². The average Bonchev–Trinajstić information content (AvgIpc) is 2.38. The first-order valence-corrected chi connectivity index (χ1v) is 6.48. The molecule has 0 amide bonds. The van der Waals surface area contributed by atoms with Crippen LogP contribution in [0.3, 0.4) is 0 Å². The summed E-state index contributed by atoms with van der Waals surface area (Å²) in [6.45, 7) is 2.52. The summed E-state index contributed by atoms with van der Waals surface area (Å²) in [6, 6.07) is 4.79.